The van der Waals surface area contributed by atoms with Crippen molar-refractivity contribution in [3.8, 4) is 0 Å². The first-order valence-electron chi connectivity index (χ1n) is 9.57. The van der Waals surface area contributed by atoms with Crippen LogP contribution in [0.2, 0.25) is 0 Å². The number of ether oxygens (including phenoxy) is 1. The standard InChI is InChI=1S/C20H33N3O3/c1-7-26-19(25)16-14(3)17(22-15(16)4)18(24)21-12-20(5,6)23-10-8-9-13(2)11-23/h13,22H,7-12H2,1-6H3,(H,21,24). The summed E-state index contributed by atoms with van der Waals surface area (Å²) in [5, 5.41) is 3.04. The first-order chi connectivity index (χ1) is 12.2. The number of esters is 1. The van der Waals surface area contributed by atoms with Crippen LogP contribution < -0.4 is 5.32 Å². The highest BCUT2D eigenvalue weighted by atomic mass is 16.5. The van der Waals surface area contributed by atoms with Crippen LogP contribution in [-0.2, 0) is 4.74 Å². The molecule has 0 saturated carbocycles. The Balaban J connectivity index is 2.06. The van der Waals surface area contributed by atoms with Crippen molar-refractivity contribution in [1.82, 2.24) is 15.2 Å². The van der Waals surface area contributed by atoms with Crippen molar-refractivity contribution in [3.05, 3.63) is 22.5 Å². The van der Waals surface area contributed by atoms with E-state index in [-0.39, 0.29) is 17.4 Å². The molecule has 1 fully saturated rings. The third kappa shape index (κ3) is 4.47. The Kier molecular flexibility index (Phi) is 6.50. The molecule has 26 heavy (non-hydrogen) atoms. The van der Waals surface area contributed by atoms with Crippen LogP contribution in [0.4, 0.5) is 0 Å². The molecule has 1 aromatic rings. The van der Waals surface area contributed by atoms with E-state index in [9.17, 15) is 9.59 Å². The predicted octanol–water partition coefficient (Wildman–Crippen LogP) is 3.05. The van der Waals surface area contributed by atoms with E-state index < -0.39 is 0 Å². The second-order valence-corrected chi connectivity index (χ2v) is 8.03. The molecule has 1 amide bonds. The van der Waals surface area contributed by atoms with E-state index in [1.54, 1.807) is 20.8 Å². The van der Waals surface area contributed by atoms with Crippen LogP contribution in [0.25, 0.3) is 0 Å². The number of hydrogen-bond acceptors (Lipinski definition) is 4. The van der Waals surface area contributed by atoms with Crippen molar-refractivity contribution in [3.63, 3.8) is 0 Å². The van der Waals surface area contributed by atoms with Gasteiger partial charge in [-0.3, -0.25) is 9.69 Å². The molecule has 1 aliphatic heterocycles. The zero-order valence-electron chi connectivity index (χ0n) is 17.0. The largest absolute Gasteiger partial charge is 0.462 e. The SMILES string of the molecule is CCOC(=O)c1c(C)[nH]c(C(=O)NCC(C)(C)N2CCCC(C)C2)c1C. The van der Waals surface area contributed by atoms with Crippen LogP contribution in [0.15, 0.2) is 0 Å². The minimum atomic E-state index is -0.388. The van der Waals surface area contributed by atoms with E-state index in [1.807, 2.05) is 0 Å². The fourth-order valence-corrected chi connectivity index (χ4v) is 3.72. The maximum absolute atomic E-state index is 12.7. The molecule has 0 aromatic carbocycles. The van der Waals surface area contributed by atoms with Gasteiger partial charge in [-0.1, -0.05) is 6.92 Å². The molecule has 0 spiro atoms. The number of carbonyl (C=O) groups is 2. The van der Waals surface area contributed by atoms with Gasteiger partial charge in [-0.15, -0.1) is 0 Å². The summed E-state index contributed by atoms with van der Waals surface area (Å²) in [7, 11) is 0. The number of H-pyrrole nitrogens is 1. The molecule has 0 bridgehead atoms. The summed E-state index contributed by atoms with van der Waals surface area (Å²) in [6.45, 7) is 15.0. The molecule has 6 nitrogen and oxygen atoms in total. The zero-order chi connectivity index (χ0) is 19.5. The maximum Gasteiger partial charge on any atom is 0.340 e. The van der Waals surface area contributed by atoms with E-state index in [2.05, 4.69) is 36.0 Å². The third-order valence-electron chi connectivity index (χ3n) is 5.34. The molecule has 2 N–H and O–H groups in total. The Labute approximate surface area is 156 Å². The summed E-state index contributed by atoms with van der Waals surface area (Å²) in [5.74, 6) is 0.124. The molecule has 0 aliphatic carbocycles. The van der Waals surface area contributed by atoms with Crippen molar-refractivity contribution < 1.29 is 14.3 Å². The van der Waals surface area contributed by atoms with Crippen LogP contribution in [0.3, 0.4) is 0 Å². The van der Waals surface area contributed by atoms with Crippen molar-refractivity contribution in [1.29, 1.82) is 0 Å². The number of aromatic amines is 1. The highest BCUT2D eigenvalue weighted by Crippen LogP contribution is 2.24. The smallest absolute Gasteiger partial charge is 0.340 e. The minimum Gasteiger partial charge on any atom is -0.462 e. The average Bonchev–Trinajstić information content (AvgIpc) is 2.87. The molecule has 146 valence electrons. The number of likely N-dealkylation sites (tertiary alicyclic amines) is 1. The van der Waals surface area contributed by atoms with E-state index in [0.29, 0.717) is 41.6 Å². The fraction of sp³-hybridized carbons (Fsp3) is 0.700. The van der Waals surface area contributed by atoms with Crippen LogP contribution in [0.5, 0.6) is 0 Å². The van der Waals surface area contributed by atoms with Crippen molar-refractivity contribution >= 4 is 11.9 Å². The lowest BCUT2D eigenvalue weighted by Crippen LogP contribution is -2.54. The van der Waals surface area contributed by atoms with Crippen molar-refractivity contribution in [2.75, 3.05) is 26.2 Å². The fourth-order valence-electron chi connectivity index (χ4n) is 3.72. The van der Waals surface area contributed by atoms with E-state index in [4.69, 9.17) is 4.74 Å². The lowest BCUT2D eigenvalue weighted by atomic mass is 9.93. The van der Waals surface area contributed by atoms with Gasteiger partial charge in [-0.05, 0) is 65.5 Å². The zero-order valence-corrected chi connectivity index (χ0v) is 17.0. The van der Waals surface area contributed by atoms with E-state index >= 15 is 0 Å². The number of carbonyl (C=O) groups excluding carboxylic acids is 2. The molecule has 6 heteroatoms. The number of nitrogens with one attached hydrogen (secondary N) is 2. The van der Waals surface area contributed by atoms with Gasteiger partial charge >= 0.3 is 5.97 Å². The van der Waals surface area contributed by atoms with Crippen LogP contribution in [-0.4, -0.2) is 53.5 Å². The Morgan fingerprint density at radius 2 is 2.04 bits per heavy atom. The lowest BCUT2D eigenvalue weighted by molar-refractivity contribution is 0.0525. The number of hydrogen-bond donors (Lipinski definition) is 2. The first kappa shape index (κ1) is 20.5. The maximum atomic E-state index is 12.7. The quantitative estimate of drug-likeness (QED) is 0.762. The highest BCUT2D eigenvalue weighted by molar-refractivity contribution is 6.00. The topological polar surface area (TPSA) is 74.4 Å². The molecule has 1 saturated heterocycles. The Hall–Kier alpha value is -1.82. The number of rotatable bonds is 6. The number of aromatic nitrogens is 1. The van der Waals surface area contributed by atoms with E-state index in [0.717, 1.165) is 13.1 Å². The van der Waals surface area contributed by atoms with Crippen molar-refractivity contribution in [2.24, 2.45) is 5.92 Å². The monoisotopic (exact) mass is 363 g/mol. The molecule has 2 rings (SSSR count). The molecular weight excluding hydrogens is 330 g/mol. The summed E-state index contributed by atoms with van der Waals surface area (Å²) in [6, 6.07) is 0. The summed E-state index contributed by atoms with van der Waals surface area (Å²) in [6.07, 6.45) is 2.48. The van der Waals surface area contributed by atoms with Gasteiger partial charge in [0.1, 0.15) is 5.69 Å². The normalized spacial score (nSPS) is 18.6. The van der Waals surface area contributed by atoms with Gasteiger partial charge in [0.05, 0.1) is 12.2 Å². The number of piperidine rings is 1. The Bertz CT molecular complexity index is 664. The summed E-state index contributed by atoms with van der Waals surface area (Å²) in [5.41, 5.74) is 2.09. The number of amides is 1. The van der Waals surface area contributed by atoms with Gasteiger partial charge < -0.3 is 15.0 Å². The molecule has 1 atom stereocenters. The Morgan fingerprint density at radius 3 is 2.65 bits per heavy atom. The van der Waals surface area contributed by atoms with Gasteiger partial charge in [-0.2, -0.15) is 0 Å². The summed E-state index contributed by atoms with van der Waals surface area (Å²) < 4.78 is 5.09. The highest BCUT2D eigenvalue weighted by Gasteiger charge is 2.31. The minimum absolute atomic E-state index is 0.107. The predicted molar refractivity (Wildman–Crippen MR) is 103 cm³/mol. The van der Waals surface area contributed by atoms with Gasteiger partial charge in [0.15, 0.2) is 0 Å². The molecule has 0 radical (unpaired) electrons. The first-order valence-corrected chi connectivity index (χ1v) is 9.57. The summed E-state index contributed by atoms with van der Waals surface area (Å²) in [4.78, 5) is 30.3. The molecule has 1 aromatic heterocycles. The lowest BCUT2D eigenvalue weighted by Gasteiger charge is -2.43. The van der Waals surface area contributed by atoms with Crippen LogP contribution >= 0.6 is 0 Å². The molecule has 1 unspecified atom stereocenters. The number of nitrogens with zero attached hydrogens (tertiary/aromatic N) is 1. The van der Waals surface area contributed by atoms with Gasteiger partial charge in [0, 0.05) is 24.3 Å². The number of aryl methyl sites for hydroxylation is 1. The molecule has 1 aliphatic rings. The second-order valence-electron chi connectivity index (χ2n) is 8.03. The van der Waals surface area contributed by atoms with E-state index in [1.165, 1.54) is 12.8 Å². The van der Waals surface area contributed by atoms with Crippen LogP contribution in [0, 0.1) is 19.8 Å². The van der Waals surface area contributed by atoms with Crippen molar-refractivity contribution in [2.45, 2.75) is 59.9 Å². The van der Waals surface area contributed by atoms with Gasteiger partial charge in [0.25, 0.3) is 5.91 Å². The summed E-state index contributed by atoms with van der Waals surface area (Å²) >= 11 is 0. The molecular formula is C20H33N3O3. The molecule has 2 heterocycles. The third-order valence-corrected chi connectivity index (χ3v) is 5.34. The van der Waals surface area contributed by atoms with Crippen LogP contribution in [0.1, 0.15) is 72.6 Å². The Morgan fingerprint density at radius 1 is 1.35 bits per heavy atom. The van der Waals surface area contributed by atoms with Gasteiger partial charge in [-0.25, -0.2) is 4.79 Å². The second kappa shape index (κ2) is 8.25. The van der Waals surface area contributed by atoms with Gasteiger partial charge in [0.2, 0.25) is 0 Å². The average molecular weight is 364 g/mol.